The van der Waals surface area contributed by atoms with Gasteiger partial charge in [-0.05, 0) is 50.7 Å². The van der Waals surface area contributed by atoms with E-state index in [4.69, 9.17) is 9.47 Å². The molecule has 0 spiro atoms. The van der Waals surface area contributed by atoms with Gasteiger partial charge in [0.05, 0.1) is 6.04 Å². The summed E-state index contributed by atoms with van der Waals surface area (Å²) >= 11 is 0. The standard InChI is InChI=1S/C29H36N2O3/c1-6-30(7-2)20-14-16-24-26(18-20)34-27-19-21(31(8-3)9-4)15-17-25(27)28(24)22-12-10-11-13-23(22)29(32)33-5/h10-20,29,32H,6-9H2,1-5H3. The highest BCUT2D eigenvalue weighted by Gasteiger charge is 2.30. The molecule has 1 N–H and O–H groups in total. The molecule has 1 aliphatic carbocycles. The number of anilines is 1. The molecule has 2 atom stereocenters. The molecule has 34 heavy (non-hydrogen) atoms. The third kappa shape index (κ3) is 4.43. The third-order valence-corrected chi connectivity index (χ3v) is 6.85. The van der Waals surface area contributed by atoms with E-state index in [0.717, 1.165) is 71.2 Å². The normalized spacial score (nSPS) is 17.7. The summed E-state index contributed by atoms with van der Waals surface area (Å²) in [5, 5.41) is 10.6. The summed E-state index contributed by atoms with van der Waals surface area (Å²) < 4.78 is 11.9. The van der Waals surface area contributed by atoms with E-state index in [-0.39, 0.29) is 6.04 Å². The fourth-order valence-electron chi connectivity index (χ4n) is 4.95. The Kier molecular flexibility index (Phi) is 7.57. The van der Waals surface area contributed by atoms with Crippen LogP contribution in [0.15, 0.2) is 72.0 Å². The zero-order valence-electron chi connectivity index (χ0n) is 20.9. The molecule has 0 bridgehead atoms. The number of likely N-dealkylation sites (N-methyl/N-ethyl adjacent to an activating group) is 1. The van der Waals surface area contributed by atoms with Crippen LogP contribution in [0.4, 0.5) is 5.69 Å². The summed E-state index contributed by atoms with van der Waals surface area (Å²) in [6, 6.07) is 14.5. The van der Waals surface area contributed by atoms with Gasteiger partial charge in [0.15, 0.2) is 6.29 Å². The number of rotatable bonds is 9. The SMILES string of the molecule is CCN(CC)c1ccc2c(c1)OC1=CC(N(CC)CC)C=CC1=C2c1ccccc1C(O)OC. The lowest BCUT2D eigenvalue weighted by Crippen LogP contribution is -2.34. The summed E-state index contributed by atoms with van der Waals surface area (Å²) in [7, 11) is 1.52. The number of benzene rings is 2. The molecule has 0 saturated carbocycles. The van der Waals surface area contributed by atoms with Crippen LogP contribution in [0, 0.1) is 0 Å². The second-order valence-corrected chi connectivity index (χ2v) is 8.52. The van der Waals surface area contributed by atoms with E-state index < -0.39 is 6.29 Å². The van der Waals surface area contributed by atoms with Crippen LogP contribution < -0.4 is 9.64 Å². The first-order valence-electron chi connectivity index (χ1n) is 12.3. The van der Waals surface area contributed by atoms with Crippen LogP contribution in [0.5, 0.6) is 5.75 Å². The molecule has 1 aliphatic heterocycles. The summed E-state index contributed by atoms with van der Waals surface area (Å²) in [5.74, 6) is 1.70. The molecule has 2 unspecified atom stereocenters. The van der Waals surface area contributed by atoms with Crippen molar-refractivity contribution in [1.29, 1.82) is 0 Å². The highest BCUT2D eigenvalue weighted by Crippen LogP contribution is 2.46. The number of allylic oxidation sites excluding steroid dienone is 1. The second kappa shape index (κ2) is 10.6. The molecule has 0 saturated heterocycles. The molecule has 2 aliphatic rings. The van der Waals surface area contributed by atoms with Crippen molar-refractivity contribution in [3.63, 3.8) is 0 Å². The fraction of sp³-hybridized carbons (Fsp3) is 0.379. The molecule has 0 radical (unpaired) electrons. The van der Waals surface area contributed by atoms with E-state index in [1.54, 1.807) is 0 Å². The van der Waals surface area contributed by atoms with Gasteiger partial charge in [-0.15, -0.1) is 0 Å². The van der Waals surface area contributed by atoms with Gasteiger partial charge in [-0.2, -0.15) is 0 Å². The predicted octanol–water partition coefficient (Wildman–Crippen LogP) is 5.53. The van der Waals surface area contributed by atoms with Crippen molar-refractivity contribution in [3.8, 4) is 5.75 Å². The topological polar surface area (TPSA) is 45.2 Å². The van der Waals surface area contributed by atoms with E-state index in [2.05, 4.69) is 80.0 Å². The van der Waals surface area contributed by atoms with Crippen LogP contribution in [-0.4, -0.2) is 49.3 Å². The molecule has 1 heterocycles. The number of nitrogens with zero attached hydrogens (tertiary/aromatic N) is 2. The smallest absolute Gasteiger partial charge is 0.181 e. The van der Waals surface area contributed by atoms with Crippen LogP contribution in [0.1, 0.15) is 50.7 Å². The summed E-state index contributed by atoms with van der Waals surface area (Å²) in [6.07, 6.45) is 5.61. The molecule has 5 nitrogen and oxygen atoms in total. The largest absolute Gasteiger partial charge is 0.456 e. The lowest BCUT2D eigenvalue weighted by molar-refractivity contribution is -0.0770. The lowest BCUT2D eigenvalue weighted by atomic mass is 9.84. The van der Waals surface area contributed by atoms with E-state index in [1.807, 2.05) is 18.2 Å². The Morgan fingerprint density at radius 2 is 1.71 bits per heavy atom. The number of methoxy groups -OCH3 is 1. The van der Waals surface area contributed by atoms with Gasteiger partial charge in [-0.1, -0.05) is 50.3 Å². The van der Waals surface area contributed by atoms with Gasteiger partial charge < -0.3 is 19.5 Å². The third-order valence-electron chi connectivity index (χ3n) is 6.85. The molecular weight excluding hydrogens is 424 g/mol. The maximum atomic E-state index is 10.6. The van der Waals surface area contributed by atoms with Gasteiger partial charge in [0.25, 0.3) is 0 Å². The zero-order chi connectivity index (χ0) is 24.2. The van der Waals surface area contributed by atoms with Crippen molar-refractivity contribution in [2.24, 2.45) is 0 Å². The van der Waals surface area contributed by atoms with Crippen molar-refractivity contribution in [3.05, 3.63) is 88.7 Å². The summed E-state index contributed by atoms with van der Waals surface area (Å²) in [5.41, 5.74) is 5.94. The highest BCUT2D eigenvalue weighted by atomic mass is 16.6. The quantitative estimate of drug-likeness (QED) is 0.499. The van der Waals surface area contributed by atoms with Crippen LogP contribution in [0.2, 0.25) is 0 Å². The molecule has 4 rings (SSSR count). The number of hydrogen-bond acceptors (Lipinski definition) is 5. The zero-order valence-corrected chi connectivity index (χ0v) is 20.9. The fourth-order valence-corrected chi connectivity index (χ4v) is 4.95. The first-order valence-corrected chi connectivity index (χ1v) is 12.3. The molecule has 2 aromatic rings. The molecule has 0 aromatic heterocycles. The molecule has 2 aromatic carbocycles. The van der Waals surface area contributed by atoms with Crippen molar-refractivity contribution >= 4 is 11.3 Å². The van der Waals surface area contributed by atoms with Crippen molar-refractivity contribution < 1.29 is 14.6 Å². The number of fused-ring (bicyclic) bond motifs is 2. The van der Waals surface area contributed by atoms with Crippen LogP contribution in [0.3, 0.4) is 0 Å². The minimum atomic E-state index is -1.01. The maximum absolute atomic E-state index is 10.6. The Morgan fingerprint density at radius 3 is 2.38 bits per heavy atom. The Morgan fingerprint density at radius 1 is 0.971 bits per heavy atom. The van der Waals surface area contributed by atoms with E-state index in [1.165, 1.54) is 7.11 Å². The van der Waals surface area contributed by atoms with Crippen LogP contribution >= 0.6 is 0 Å². The van der Waals surface area contributed by atoms with E-state index in [0.29, 0.717) is 0 Å². The lowest BCUT2D eigenvalue weighted by Gasteiger charge is -2.33. The van der Waals surface area contributed by atoms with Crippen molar-refractivity contribution in [2.75, 3.05) is 38.2 Å². The van der Waals surface area contributed by atoms with Gasteiger partial charge in [0.2, 0.25) is 0 Å². The van der Waals surface area contributed by atoms with Crippen molar-refractivity contribution in [1.82, 2.24) is 4.90 Å². The average Bonchev–Trinajstić information content (AvgIpc) is 2.88. The number of hydrogen-bond donors (Lipinski definition) is 1. The van der Waals surface area contributed by atoms with Gasteiger partial charge in [0.1, 0.15) is 11.5 Å². The Labute approximate surface area is 203 Å². The van der Waals surface area contributed by atoms with Gasteiger partial charge in [-0.25, -0.2) is 0 Å². The second-order valence-electron chi connectivity index (χ2n) is 8.52. The summed E-state index contributed by atoms with van der Waals surface area (Å²) in [6.45, 7) is 12.5. The minimum Gasteiger partial charge on any atom is -0.456 e. The maximum Gasteiger partial charge on any atom is 0.181 e. The molecule has 5 heteroatoms. The molecule has 0 amide bonds. The van der Waals surface area contributed by atoms with Gasteiger partial charge in [0, 0.05) is 54.2 Å². The van der Waals surface area contributed by atoms with Crippen molar-refractivity contribution in [2.45, 2.75) is 40.0 Å². The van der Waals surface area contributed by atoms with E-state index >= 15 is 0 Å². The Balaban J connectivity index is 1.93. The van der Waals surface area contributed by atoms with E-state index in [9.17, 15) is 5.11 Å². The predicted molar refractivity (Wildman–Crippen MR) is 139 cm³/mol. The highest BCUT2D eigenvalue weighted by molar-refractivity contribution is 5.92. The Hall–Kier alpha value is -2.86. The average molecular weight is 461 g/mol. The number of aliphatic hydroxyl groups excluding tert-OH is 1. The number of aliphatic hydroxyl groups is 1. The summed E-state index contributed by atoms with van der Waals surface area (Å²) in [4.78, 5) is 4.72. The van der Waals surface area contributed by atoms with Gasteiger partial charge in [-0.3, -0.25) is 4.90 Å². The first kappa shape index (κ1) is 24.3. The molecular formula is C29H36N2O3. The molecule has 0 fully saturated rings. The van der Waals surface area contributed by atoms with Crippen LogP contribution in [-0.2, 0) is 4.74 Å². The molecule has 180 valence electrons. The monoisotopic (exact) mass is 460 g/mol. The van der Waals surface area contributed by atoms with Crippen LogP contribution in [0.25, 0.3) is 5.57 Å². The Bertz CT molecular complexity index is 1110. The minimum absolute atomic E-state index is 0.183. The number of ether oxygens (including phenoxy) is 2. The van der Waals surface area contributed by atoms with Gasteiger partial charge >= 0.3 is 0 Å². The first-order chi connectivity index (χ1) is 16.6.